The van der Waals surface area contributed by atoms with E-state index in [2.05, 4.69) is 126 Å². The Morgan fingerprint density at radius 3 is 1.74 bits per heavy atom. The van der Waals surface area contributed by atoms with Crippen LogP contribution >= 0.6 is 0 Å². The van der Waals surface area contributed by atoms with Gasteiger partial charge in [-0.15, -0.1) is 0 Å². The fraction of sp³-hybridized carbons (Fsp3) is 0. The average molecular weight is 731 g/mol. The number of hydrogen-bond acceptors (Lipinski definition) is 5. The summed E-state index contributed by atoms with van der Waals surface area (Å²) in [6.07, 6.45) is 0. The van der Waals surface area contributed by atoms with Crippen LogP contribution in [-0.2, 0) is 0 Å². The fourth-order valence-corrected chi connectivity index (χ4v) is 8.54. The Bertz CT molecular complexity index is 3510. The zero-order chi connectivity index (χ0) is 37.5. The Kier molecular flexibility index (Phi) is 6.83. The van der Waals surface area contributed by atoms with E-state index in [0.29, 0.717) is 17.6 Å². The lowest BCUT2D eigenvalue weighted by Gasteiger charge is -2.12. The van der Waals surface area contributed by atoms with Gasteiger partial charge >= 0.3 is 0 Å². The van der Waals surface area contributed by atoms with Crippen LogP contribution in [0, 0.1) is 0 Å². The van der Waals surface area contributed by atoms with Crippen molar-refractivity contribution in [2.75, 3.05) is 0 Å². The molecule has 0 atom stereocenters. The lowest BCUT2D eigenvalue weighted by Crippen LogP contribution is -2.06. The Morgan fingerprint density at radius 2 is 0.965 bits per heavy atom. The predicted molar refractivity (Wildman–Crippen MR) is 230 cm³/mol. The van der Waals surface area contributed by atoms with Crippen molar-refractivity contribution in [3.63, 3.8) is 0 Å². The van der Waals surface area contributed by atoms with E-state index in [1.54, 1.807) is 0 Å². The molecule has 8 aromatic carbocycles. The molecule has 12 rings (SSSR count). The van der Waals surface area contributed by atoms with Crippen LogP contribution in [0.2, 0.25) is 0 Å². The monoisotopic (exact) mass is 730 g/mol. The molecule has 4 aromatic heterocycles. The third kappa shape index (κ3) is 4.87. The van der Waals surface area contributed by atoms with Gasteiger partial charge in [0.1, 0.15) is 22.3 Å². The molecule has 0 aliphatic heterocycles. The molecular weight excluding hydrogens is 701 g/mol. The smallest absolute Gasteiger partial charge is 0.238 e. The van der Waals surface area contributed by atoms with E-state index in [4.69, 9.17) is 23.8 Å². The molecule has 0 spiro atoms. The van der Waals surface area contributed by atoms with E-state index in [9.17, 15) is 0 Å². The zero-order valence-corrected chi connectivity index (χ0v) is 30.4. The minimum atomic E-state index is 0.493. The molecular formula is C51H30N4O2. The lowest BCUT2D eigenvalue weighted by molar-refractivity contribution is 0.669. The highest BCUT2D eigenvalue weighted by molar-refractivity contribution is 6.23. The van der Waals surface area contributed by atoms with E-state index >= 15 is 0 Å². The minimum Gasteiger partial charge on any atom is -0.456 e. The summed E-state index contributed by atoms with van der Waals surface area (Å²) in [7, 11) is 0. The van der Waals surface area contributed by atoms with Crippen LogP contribution in [0.25, 0.3) is 117 Å². The van der Waals surface area contributed by atoms with Crippen molar-refractivity contribution < 1.29 is 8.83 Å². The van der Waals surface area contributed by atoms with Gasteiger partial charge in [0.2, 0.25) is 5.95 Å². The first-order chi connectivity index (χ1) is 28.3. The maximum atomic E-state index is 6.89. The van der Waals surface area contributed by atoms with Crippen molar-refractivity contribution in [1.29, 1.82) is 0 Å². The van der Waals surface area contributed by atoms with Gasteiger partial charge in [0.25, 0.3) is 0 Å². The Morgan fingerprint density at radius 1 is 0.368 bits per heavy atom. The maximum absolute atomic E-state index is 6.89. The van der Waals surface area contributed by atoms with Crippen LogP contribution in [0.1, 0.15) is 0 Å². The molecule has 0 aliphatic carbocycles. The quantitative estimate of drug-likeness (QED) is 0.176. The second kappa shape index (κ2) is 12.3. The van der Waals surface area contributed by atoms with Gasteiger partial charge in [0.15, 0.2) is 17.2 Å². The molecule has 0 aliphatic rings. The first-order valence-electron chi connectivity index (χ1n) is 19.0. The van der Waals surface area contributed by atoms with E-state index in [1.165, 1.54) is 0 Å². The minimum absolute atomic E-state index is 0.493. The molecule has 0 N–H and O–H groups in total. The summed E-state index contributed by atoms with van der Waals surface area (Å²) in [4.78, 5) is 15.8. The van der Waals surface area contributed by atoms with E-state index < -0.39 is 0 Å². The van der Waals surface area contributed by atoms with Crippen molar-refractivity contribution >= 4 is 65.7 Å². The highest BCUT2D eigenvalue weighted by Gasteiger charge is 2.24. The number of fused-ring (bicyclic) bond motifs is 10. The summed E-state index contributed by atoms with van der Waals surface area (Å²) in [6.45, 7) is 0. The van der Waals surface area contributed by atoms with Crippen LogP contribution in [0.15, 0.2) is 191 Å². The molecule has 4 heterocycles. The molecule has 0 saturated carbocycles. The van der Waals surface area contributed by atoms with E-state index in [1.807, 2.05) is 60.7 Å². The van der Waals surface area contributed by atoms with Gasteiger partial charge in [-0.2, -0.15) is 9.97 Å². The predicted octanol–water partition coefficient (Wildman–Crippen LogP) is 13.4. The number of furan rings is 2. The number of hydrogen-bond donors (Lipinski definition) is 0. The molecule has 266 valence electrons. The number of benzene rings is 8. The highest BCUT2D eigenvalue weighted by atomic mass is 16.3. The largest absolute Gasteiger partial charge is 0.456 e. The summed E-state index contributed by atoms with van der Waals surface area (Å²) in [5.41, 5.74) is 11.2. The van der Waals surface area contributed by atoms with E-state index in [-0.39, 0.29) is 0 Å². The third-order valence-electron chi connectivity index (χ3n) is 11.1. The highest BCUT2D eigenvalue weighted by Crippen LogP contribution is 2.44. The SMILES string of the molecule is c1ccc(-c2nc(-c3cc(-c4ccccc4)c4c(c3)oc3ccccc34)nc(-n3c4ccccc4c4ccc5c(oc6cccc(-c7ccccc7)c65)c43)n2)cc1. The summed E-state index contributed by atoms with van der Waals surface area (Å²) in [5.74, 6) is 1.59. The summed E-state index contributed by atoms with van der Waals surface area (Å²) >= 11 is 0. The molecule has 6 heteroatoms. The van der Waals surface area contributed by atoms with Gasteiger partial charge < -0.3 is 8.83 Å². The van der Waals surface area contributed by atoms with Crippen LogP contribution in [0.5, 0.6) is 0 Å². The molecule has 6 nitrogen and oxygen atoms in total. The first-order valence-corrected chi connectivity index (χ1v) is 19.0. The van der Waals surface area contributed by atoms with Crippen LogP contribution < -0.4 is 0 Å². The third-order valence-corrected chi connectivity index (χ3v) is 11.1. The normalized spacial score (nSPS) is 11.9. The molecule has 0 amide bonds. The molecule has 12 aromatic rings. The van der Waals surface area contributed by atoms with Crippen LogP contribution in [0.3, 0.4) is 0 Å². The van der Waals surface area contributed by atoms with Crippen molar-refractivity contribution in [3.05, 3.63) is 182 Å². The number of nitrogens with zero attached hydrogens (tertiary/aromatic N) is 4. The Labute approximate surface area is 325 Å². The van der Waals surface area contributed by atoms with Crippen molar-refractivity contribution in [2.24, 2.45) is 0 Å². The van der Waals surface area contributed by atoms with Crippen LogP contribution in [-0.4, -0.2) is 19.5 Å². The molecule has 0 fully saturated rings. The molecule has 0 unspecified atom stereocenters. The number of aromatic nitrogens is 4. The number of rotatable bonds is 5. The van der Waals surface area contributed by atoms with Gasteiger partial charge in [0, 0.05) is 43.4 Å². The summed E-state index contributed by atoms with van der Waals surface area (Å²) < 4.78 is 15.6. The maximum Gasteiger partial charge on any atom is 0.238 e. The second-order valence-electron chi connectivity index (χ2n) is 14.3. The second-order valence-corrected chi connectivity index (χ2v) is 14.3. The van der Waals surface area contributed by atoms with Crippen LogP contribution in [0.4, 0.5) is 0 Å². The van der Waals surface area contributed by atoms with Crippen molar-refractivity contribution in [1.82, 2.24) is 19.5 Å². The van der Waals surface area contributed by atoms with Crippen molar-refractivity contribution in [3.8, 4) is 51.0 Å². The molecule has 0 saturated heterocycles. The first kappa shape index (κ1) is 31.5. The molecule has 57 heavy (non-hydrogen) atoms. The molecule has 0 bridgehead atoms. The average Bonchev–Trinajstić information content (AvgIpc) is 3.96. The topological polar surface area (TPSA) is 69.9 Å². The van der Waals surface area contributed by atoms with Gasteiger partial charge in [-0.25, -0.2) is 4.98 Å². The summed E-state index contributed by atoms with van der Waals surface area (Å²) in [6, 6.07) is 62.5. The molecule has 0 radical (unpaired) electrons. The standard InChI is InChI=1S/C51H30N4O2/c1-4-15-31(16-5-1)35-23-14-26-43-45(35)39-28-27-37-36-21-10-12-24-41(36)55(47(37)48(39)57-43)51-53-49(33-19-8-3-9-20-33)52-50(54-51)34-29-40(32-17-6-2-7-18-32)46-38-22-11-13-25-42(38)56-44(46)30-34/h1-30H. The summed E-state index contributed by atoms with van der Waals surface area (Å²) in [5, 5.41) is 6.36. The zero-order valence-electron chi connectivity index (χ0n) is 30.4. The van der Waals surface area contributed by atoms with E-state index in [0.717, 1.165) is 99.1 Å². The van der Waals surface area contributed by atoms with Gasteiger partial charge in [-0.1, -0.05) is 146 Å². The van der Waals surface area contributed by atoms with Gasteiger partial charge in [-0.3, -0.25) is 4.57 Å². The lowest BCUT2D eigenvalue weighted by atomic mass is 9.97. The van der Waals surface area contributed by atoms with Gasteiger partial charge in [-0.05, 0) is 58.7 Å². The van der Waals surface area contributed by atoms with Gasteiger partial charge in [0.05, 0.1) is 5.52 Å². The number of para-hydroxylation sites is 2. The van der Waals surface area contributed by atoms with Crippen molar-refractivity contribution in [2.45, 2.75) is 0 Å². The fourth-order valence-electron chi connectivity index (χ4n) is 8.54. The Balaban J connectivity index is 1.17. The Hall–Kier alpha value is -7.83.